The van der Waals surface area contributed by atoms with Gasteiger partial charge in [-0.15, -0.1) is 6.58 Å². The van der Waals surface area contributed by atoms with Gasteiger partial charge in [-0.2, -0.15) is 0 Å². The van der Waals surface area contributed by atoms with E-state index in [0.29, 0.717) is 25.4 Å². The Morgan fingerprint density at radius 1 is 1.41 bits per heavy atom. The number of hydrogen-bond acceptors (Lipinski definition) is 6. The van der Waals surface area contributed by atoms with Crippen molar-refractivity contribution in [3.05, 3.63) is 47.9 Å². The minimum absolute atomic E-state index is 0.00391. The van der Waals surface area contributed by atoms with E-state index in [1.54, 1.807) is 13.2 Å². The Labute approximate surface area is 160 Å². The number of aromatic nitrogens is 1. The van der Waals surface area contributed by atoms with Gasteiger partial charge in [-0.1, -0.05) is 6.08 Å². The van der Waals surface area contributed by atoms with Crippen molar-refractivity contribution in [1.29, 1.82) is 0 Å². The standard InChI is InChI=1S/C20H26N2O4S/c1-5-9-22(17-8-10-27(23,24)13-17)12-18-15(3)26-20(21-18)16-6-7-19(25-4)14(2)11-16/h5-7,11,17H,1,8-10,12-13H2,2-4H3/t17-/m1/s1. The zero-order valence-electron chi connectivity index (χ0n) is 16.1. The van der Waals surface area contributed by atoms with Crippen LogP contribution in [0.25, 0.3) is 11.5 Å². The Balaban J connectivity index is 1.82. The highest BCUT2D eigenvalue weighted by Crippen LogP contribution is 2.28. The van der Waals surface area contributed by atoms with Crippen LogP contribution in [-0.2, 0) is 16.4 Å². The SMILES string of the molecule is C=CCN(Cc1nc(-c2ccc(OC)c(C)c2)oc1C)[C@@H]1CCS(=O)(=O)C1. The number of sulfone groups is 1. The Kier molecular flexibility index (Phi) is 5.72. The minimum atomic E-state index is -2.94. The molecule has 3 rings (SSSR count). The molecule has 1 fully saturated rings. The summed E-state index contributed by atoms with van der Waals surface area (Å²) in [4.78, 5) is 6.79. The van der Waals surface area contributed by atoms with Crippen molar-refractivity contribution < 1.29 is 17.6 Å². The smallest absolute Gasteiger partial charge is 0.226 e. The molecule has 0 aliphatic carbocycles. The second-order valence-electron chi connectivity index (χ2n) is 6.98. The molecule has 0 saturated carbocycles. The average Bonchev–Trinajstić information content (AvgIpc) is 3.17. The highest BCUT2D eigenvalue weighted by atomic mass is 32.2. The monoisotopic (exact) mass is 390 g/mol. The quantitative estimate of drug-likeness (QED) is 0.676. The molecule has 1 aromatic carbocycles. The van der Waals surface area contributed by atoms with Gasteiger partial charge < -0.3 is 9.15 Å². The van der Waals surface area contributed by atoms with Crippen molar-refractivity contribution in [2.45, 2.75) is 32.9 Å². The first-order chi connectivity index (χ1) is 12.8. The van der Waals surface area contributed by atoms with Gasteiger partial charge in [0.1, 0.15) is 11.5 Å². The molecule has 0 N–H and O–H groups in total. The van der Waals surface area contributed by atoms with Crippen LogP contribution in [0.2, 0.25) is 0 Å². The zero-order valence-corrected chi connectivity index (χ0v) is 16.9. The molecular weight excluding hydrogens is 364 g/mol. The molecule has 27 heavy (non-hydrogen) atoms. The van der Waals surface area contributed by atoms with Gasteiger partial charge in [-0.05, 0) is 44.0 Å². The lowest BCUT2D eigenvalue weighted by Crippen LogP contribution is -2.36. The number of aryl methyl sites for hydroxylation is 2. The molecule has 1 saturated heterocycles. The Morgan fingerprint density at radius 3 is 2.78 bits per heavy atom. The van der Waals surface area contributed by atoms with E-state index in [4.69, 9.17) is 9.15 Å². The lowest BCUT2D eigenvalue weighted by Gasteiger charge is -2.25. The van der Waals surface area contributed by atoms with E-state index < -0.39 is 9.84 Å². The summed E-state index contributed by atoms with van der Waals surface area (Å²) in [6, 6.07) is 5.80. The summed E-state index contributed by atoms with van der Waals surface area (Å²) in [5.74, 6) is 2.57. The molecule has 1 atom stereocenters. The molecule has 1 aliphatic heterocycles. The van der Waals surface area contributed by atoms with Gasteiger partial charge in [0.25, 0.3) is 0 Å². The predicted molar refractivity (Wildman–Crippen MR) is 106 cm³/mol. The van der Waals surface area contributed by atoms with E-state index in [1.807, 2.05) is 32.0 Å². The van der Waals surface area contributed by atoms with E-state index >= 15 is 0 Å². The molecule has 1 aliphatic rings. The molecule has 2 heterocycles. The number of nitrogens with zero attached hydrogens (tertiary/aromatic N) is 2. The molecule has 1 aromatic heterocycles. The van der Waals surface area contributed by atoms with Gasteiger partial charge in [0.15, 0.2) is 9.84 Å². The second kappa shape index (κ2) is 7.86. The van der Waals surface area contributed by atoms with Crippen LogP contribution in [0.3, 0.4) is 0 Å². The van der Waals surface area contributed by atoms with Crippen LogP contribution in [0.15, 0.2) is 35.3 Å². The van der Waals surface area contributed by atoms with Crippen LogP contribution in [0, 0.1) is 13.8 Å². The average molecular weight is 391 g/mol. The maximum absolute atomic E-state index is 11.8. The number of benzene rings is 1. The third-order valence-corrected chi connectivity index (χ3v) is 6.73. The van der Waals surface area contributed by atoms with Gasteiger partial charge in [-0.3, -0.25) is 4.90 Å². The fourth-order valence-corrected chi connectivity index (χ4v) is 5.24. The summed E-state index contributed by atoms with van der Waals surface area (Å²) in [5.41, 5.74) is 2.72. The van der Waals surface area contributed by atoms with E-state index in [0.717, 1.165) is 28.3 Å². The minimum Gasteiger partial charge on any atom is -0.496 e. The van der Waals surface area contributed by atoms with Gasteiger partial charge in [0.2, 0.25) is 5.89 Å². The van der Waals surface area contributed by atoms with Crippen LogP contribution >= 0.6 is 0 Å². The highest BCUT2D eigenvalue weighted by Gasteiger charge is 2.32. The Bertz CT molecular complexity index is 933. The Morgan fingerprint density at radius 2 is 2.19 bits per heavy atom. The molecule has 0 amide bonds. The third-order valence-electron chi connectivity index (χ3n) is 4.98. The van der Waals surface area contributed by atoms with Gasteiger partial charge in [0, 0.05) is 24.7 Å². The third kappa shape index (κ3) is 4.42. The van der Waals surface area contributed by atoms with Crippen molar-refractivity contribution in [3.63, 3.8) is 0 Å². The molecular formula is C20H26N2O4S. The summed E-state index contributed by atoms with van der Waals surface area (Å²) in [6.07, 6.45) is 2.45. The van der Waals surface area contributed by atoms with Crippen molar-refractivity contribution in [3.8, 4) is 17.2 Å². The number of rotatable bonds is 7. The summed E-state index contributed by atoms with van der Waals surface area (Å²) >= 11 is 0. The molecule has 0 unspecified atom stereocenters. The predicted octanol–water partition coefficient (Wildman–Crippen LogP) is 3.14. The summed E-state index contributed by atoms with van der Waals surface area (Å²) in [5, 5.41) is 0. The second-order valence-corrected chi connectivity index (χ2v) is 9.21. The first-order valence-corrected chi connectivity index (χ1v) is 10.8. The number of methoxy groups -OCH3 is 1. The maximum atomic E-state index is 11.8. The zero-order chi connectivity index (χ0) is 19.6. The molecule has 0 bridgehead atoms. The normalized spacial score (nSPS) is 18.7. The summed E-state index contributed by atoms with van der Waals surface area (Å²) in [7, 11) is -1.30. The molecule has 6 nitrogen and oxygen atoms in total. The van der Waals surface area contributed by atoms with Gasteiger partial charge >= 0.3 is 0 Å². The van der Waals surface area contributed by atoms with E-state index in [1.165, 1.54) is 0 Å². The molecule has 2 aromatic rings. The van der Waals surface area contributed by atoms with Crippen molar-refractivity contribution in [2.75, 3.05) is 25.2 Å². The molecule has 0 spiro atoms. The highest BCUT2D eigenvalue weighted by molar-refractivity contribution is 7.91. The number of hydrogen-bond donors (Lipinski definition) is 0. The van der Waals surface area contributed by atoms with Crippen LogP contribution in [-0.4, -0.2) is 49.5 Å². The van der Waals surface area contributed by atoms with Crippen LogP contribution in [0.5, 0.6) is 5.75 Å². The summed E-state index contributed by atoms with van der Waals surface area (Å²) < 4.78 is 34.9. The fraction of sp³-hybridized carbons (Fsp3) is 0.450. The maximum Gasteiger partial charge on any atom is 0.226 e. The largest absolute Gasteiger partial charge is 0.496 e. The van der Waals surface area contributed by atoms with Crippen LogP contribution in [0.4, 0.5) is 0 Å². The van der Waals surface area contributed by atoms with Gasteiger partial charge in [-0.25, -0.2) is 13.4 Å². The Hall–Kier alpha value is -2.12. The van der Waals surface area contributed by atoms with Crippen molar-refractivity contribution in [2.24, 2.45) is 0 Å². The number of ether oxygens (including phenoxy) is 1. The van der Waals surface area contributed by atoms with E-state index in [2.05, 4.69) is 16.5 Å². The van der Waals surface area contributed by atoms with Crippen LogP contribution in [0.1, 0.15) is 23.4 Å². The molecule has 0 radical (unpaired) electrons. The topological polar surface area (TPSA) is 72.6 Å². The summed E-state index contributed by atoms with van der Waals surface area (Å²) in [6.45, 7) is 8.82. The van der Waals surface area contributed by atoms with Gasteiger partial charge in [0.05, 0.1) is 24.3 Å². The lowest BCUT2D eigenvalue weighted by molar-refractivity contribution is 0.223. The molecule has 7 heteroatoms. The van der Waals surface area contributed by atoms with Crippen molar-refractivity contribution in [1.82, 2.24) is 9.88 Å². The first kappa shape index (κ1) is 19.6. The van der Waals surface area contributed by atoms with E-state index in [-0.39, 0.29) is 17.5 Å². The fourth-order valence-electron chi connectivity index (χ4n) is 3.47. The molecule has 146 valence electrons. The van der Waals surface area contributed by atoms with E-state index in [9.17, 15) is 8.42 Å². The first-order valence-electron chi connectivity index (χ1n) is 8.99. The lowest BCUT2D eigenvalue weighted by atomic mass is 10.1. The number of oxazole rings is 1. The van der Waals surface area contributed by atoms with Crippen molar-refractivity contribution >= 4 is 9.84 Å². The van der Waals surface area contributed by atoms with Crippen LogP contribution < -0.4 is 4.74 Å².